The predicted octanol–water partition coefficient (Wildman–Crippen LogP) is 3.73. The van der Waals surface area contributed by atoms with Gasteiger partial charge in [0, 0.05) is 10.4 Å². The van der Waals surface area contributed by atoms with Gasteiger partial charge in [-0.1, -0.05) is 18.2 Å². The molecule has 14 heavy (non-hydrogen) atoms. The molecule has 0 unspecified atom stereocenters. The van der Waals surface area contributed by atoms with Crippen molar-refractivity contribution >= 4 is 11.9 Å². The Hall–Kier alpha value is -0.470. The van der Waals surface area contributed by atoms with Crippen LogP contribution in [-0.2, 0) is 0 Å². The molecule has 0 N–H and O–H groups in total. The first-order valence-electron chi connectivity index (χ1n) is 4.88. The topological polar surface area (TPSA) is 3.24 Å². The summed E-state index contributed by atoms with van der Waals surface area (Å²) in [4.78, 5) is 1.34. The van der Waals surface area contributed by atoms with Crippen LogP contribution in [0.25, 0.3) is 0 Å². The summed E-state index contributed by atoms with van der Waals surface area (Å²) in [6.07, 6.45) is 0. The number of nitrogens with zero attached hydrogens (tertiary/aromatic N) is 1. The molecule has 0 spiro atoms. The molecule has 0 amide bonds. The summed E-state index contributed by atoms with van der Waals surface area (Å²) in [5.74, 6) is 0. The second kappa shape index (κ2) is 4.37. The van der Waals surface area contributed by atoms with Gasteiger partial charge in [0.2, 0.25) is 0 Å². The van der Waals surface area contributed by atoms with Crippen LogP contribution in [0, 0.1) is 6.92 Å². The van der Waals surface area contributed by atoms with E-state index in [1.54, 1.807) is 0 Å². The normalized spacial score (nSPS) is 12.1. The van der Waals surface area contributed by atoms with Crippen LogP contribution in [-0.4, -0.2) is 16.9 Å². The summed E-state index contributed by atoms with van der Waals surface area (Å²) in [6, 6.07) is 8.49. The third-order valence-electron chi connectivity index (χ3n) is 2.27. The van der Waals surface area contributed by atoms with E-state index in [2.05, 4.69) is 63.3 Å². The van der Waals surface area contributed by atoms with Crippen LogP contribution in [0.1, 0.15) is 26.3 Å². The van der Waals surface area contributed by atoms with E-state index in [1.807, 2.05) is 11.9 Å². The highest BCUT2D eigenvalue weighted by Gasteiger charge is 2.18. The fourth-order valence-corrected chi connectivity index (χ4v) is 1.86. The maximum Gasteiger partial charge on any atom is 0.0259 e. The van der Waals surface area contributed by atoms with Gasteiger partial charge in [0.05, 0.1) is 0 Å². The molecule has 0 radical (unpaired) electrons. The Morgan fingerprint density at radius 3 is 2.21 bits per heavy atom. The van der Waals surface area contributed by atoms with E-state index < -0.39 is 0 Å². The minimum Gasteiger partial charge on any atom is -0.244 e. The second-order valence-corrected chi connectivity index (χ2v) is 5.70. The maximum atomic E-state index is 2.29. The van der Waals surface area contributed by atoms with Crippen LogP contribution in [0.3, 0.4) is 0 Å². The average molecular weight is 209 g/mol. The first-order valence-corrected chi connectivity index (χ1v) is 5.66. The van der Waals surface area contributed by atoms with Crippen molar-refractivity contribution < 1.29 is 0 Å². The molecule has 0 heterocycles. The van der Waals surface area contributed by atoms with Crippen molar-refractivity contribution in [3.8, 4) is 0 Å². The van der Waals surface area contributed by atoms with Crippen molar-refractivity contribution in [3.63, 3.8) is 0 Å². The van der Waals surface area contributed by atoms with E-state index in [4.69, 9.17) is 0 Å². The number of aryl methyl sites for hydroxylation is 1. The van der Waals surface area contributed by atoms with Crippen LogP contribution >= 0.6 is 11.9 Å². The van der Waals surface area contributed by atoms with E-state index >= 15 is 0 Å². The van der Waals surface area contributed by atoms with Gasteiger partial charge >= 0.3 is 0 Å². The standard InChI is InChI=1S/C12H19NS/c1-10-8-6-7-9-11(10)14-13(5)12(2,3)4/h6-9H,1-5H3. The van der Waals surface area contributed by atoms with Gasteiger partial charge < -0.3 is 0 Å². The first kappa shape index (κ1) is 11.6. The Bertz CT molecular complexity index is 301. The van der Waals surface area contributed by atoms with Gasteiger partial charge in [-0.3, -0.25) is 0 Å². The molecular formula is C12H19NS. The molecule has 0 aliphatic carbocycles. The average Bonchev–Trinajstić information content (AvgIpc) is 2.07. The van der Waals surface area contributed by atoms with Crippen molar-refractivity contribution in [1.82, 2.24) is 4.31 Å². The van der Waals surface area contributed by atoms with Crippen molar-refractivity contribution in [2.45, 2.75) is 38.1 Å². The minimum atomic E-state index is 0.201. The van der Waals surface area contributed by atoms with Gasteiger partial charge in [0.1, 0.15) is 0 Å². The van der Waals surface area contributed by atoms with Crippen molar-refractivity contribution in [3.05, 3.63) is 29.8 Å². The Morgan fingerprint density at radius 2 is 1.71 bits per heavy atom. The molecule has 1 aromatic rings. The number of hydrogen-bond donors (Lipinski definition) is 0. The molecular weight excluding hydrogens is 190 g/mol. The lowest BCUT2D eigenvalue weighted by atomic mass is 10.1. The van der Waals surface area contributed by atoms with Crippen molar-refractivity contribution in [2.75, 3.05) is 7.05 Å². The van der Waals surface area contributed by atoms with Gasteiger partial charge in [0.25, 0.3) is 0 Å². The molecule has 1 aromatic carbocycles. The third kappa shape index (κ3) is 3.03. The quantitative estimate of drug-likeness (QED) is 0.683. The lowest BCUT2D eigenvalue weighted by molar-refractivity contribution is 0.319. The molecule has 2 heteroatoms. The first-order chi connectivity index (χ1) is 6.41. The highest BCUT2D eigenvalue weighted by Crippen LogP contribution is 2.29. The summed E-state index contributed by atoms with van der Waals surface area (Å²) in [6.45, 7) is 8.81. The smallest absolute Gasteiger partial charge is 0.0259 e. The molecule has 0 bridgehead atoms. The summed E-state index contributed by atoms with van der Waals surface area (Å²) in [5.41, 5.74) is 1.54. The van der Waals surface area contributed by atoms with Crippen LogP contribution in [0.5, 0.6) is 0 Å². The number of hydrogen-bond acceptors (Lipinski definition) is 2. The van der Waals surface area contributed by atoms with Gasteiger partial charge in [-0.25, -0.2) is 4.31 Å². The molecule has 0 saturated carbocycles. The van der Waals surface area contributed by atoms with E-state index in [-0.39, 0.29) is 5.54 Å². The molecule has 0 atom stereocenters. The van der Waals surface area contributed by atoms with Crippen molar-refractivity contribution in [2.24, 2.45) is 0 Å². The maximum absolute atomic E-state index is 2.29. The van der Waals surface area contributed by atoms with Crippen LogP contribution in [0.4, 0.5) is 0 Å². The Balaban J connectivity index is 2.75. The summed E-state index contributed by atoms with van der Waals surface area (Å²) in [7, 11) is 2.14. The molecule has 1 rings (SSSR count). The van der Waals surface area contributed by atoms with Gasteiger partial charge in [-0.05, 0) is 58.3 Å². The lowest BCUT2D eigenvalue weighted by Gasteiger charge is -2.30. The minimum absolute atomic E-state index is 0.201. The zero-order chi connectivity index (χ0) is 10.8. The summed E-state index contributed by atoms with van der Waals surface area (Å²) >= 11 is 1.81. The highest BCUT2D eigenvalue weighted by molar-refractivity contribution is 7.97. The van der Waals surface area contributed by atoms with Crippen LogP contribution in [0.2, 0.25) is 0 Å². The third-order valence-corrected chi connectivity index (χ3v) is 3.75. The van der Waals surface area contributed by atoms with Gasteiger partial charge in [0.15, 0.2) is 0 Å². The summed E-state index contributed by atoms with van der Waals surface area (Å²) < 4.78 is 2.29. The second-order valence-electron chi connectivity index (χ2n) is 4.53. The Kier molecular flexibility index (Phi) is 3.62. The van der Waals surface area contributed by atoms with Crippen molar-refractivity contribution in [1.29, 1.82) is 0 Å². The molecule has 0 saturated heterocycles. The molecule has 0 aliphatic heterocycles. The highest BCUT2D eigenvalue weighted by atomic mass is 32.2. The van der Waals surface area contributed by atoms with E-state index in [9.17, 15) is 0 Å². The molecule has 0 fully saturated rings. The van der Waals surface area contributed by atoms with E-state index in [0.29, 0.717) is 0 Å². The van der Waals surface area contributed by atoms with E-state index in [1.165, 1.54) is 10.5 Å². The summed E-state index contributed by atoms with van der Waals surface area (Å²) in [5, 5.41) is 0. The number of benzene rings is 1. The Labute approximate surface area is 91.6 Å². The van der Waals surface area contributed by atoms with Gasteiger partial charge in [-0.15, -0.1) is 0 Å². The van der Waals surface area contributed by atoms with E-state index in [0.717, 1.165) is 0 Å². The SMILES string of the molecule is Cc1ccccc1SN(C)C(C)(C)C. The zero-order valence-corrected chi connectivity index (χ0v) is 10.5. The fraction of sp³-hybridized carbons (Fsp3) is 0.500. The Morgan fingerprint density at radius 1 is 1.14 bits per heavy atom. The van der Waals surface area contributed by atoms with Crippen LogP contribution in [0.15, 0.2) is 29.2 Å². The molecule has 0 aromatic heterocycles. The predicted molar refractivity (Wildman–Crippen MR) is 64.6 cm³/mol. The largest absolute Gasteiger partial charge is 0.244 e. The van der Waals surface area contributed by atoms with Gasteiger partial charge in [-0.2, -0.15) is 0 Å². The lowest BCUT2D eigenvalue weighted by Crippen LogP contribution is -2.32. The molecule has 78 valence electrons. The monoisotopic (exact) mass is 209 g/mol. The molecule has 0 aliphatic rings. The zero-order valence-electron chi connectivity index (χ0n) is 9.66. The fourth-order valence-electron chi connectivity index (χ4n) is 0.943. The molecule has 1 nitrogen and oxygen atoms in total. The van der Waals surface area contributed by atoms with Crippen LogP contribution < -0.4 is 0 Å². The number of rotatable bonds is 2.